The quantitative estimate of drug-likeness (QED) is 0.854. The summed E-state index contributed by atoms with van der Waals surface area (Å²) in [6, 6.07) is 8.26. The average molecular weight is 317 g/mol. The molecule has 0 unspecified atom stereocenters. The molecule has 122 valence electrons. The molecule has 1 aromatic carbocycles. The Kier molecular flexibility index (Phi) is 4.18. The number of amides is 3. The van der Waals surface area contributed by atoms with Crippen molar-refractivity contribution in [3.05, 3.63) is 35.9 Å². The molecule has 3 amide bonds. The molecule has 1 aromatic rings. The molecule has 0 aromatic heterocycles. The first-order chi connectivity index (χ1) is 11.1. The zero-order valence-corrected chi connectivity index (χ0v) is 12.9. The number of carbonyl (C=O) groups is 3. The maximum atomic E-state index is 12.2. The number of ether oxygens (including phenoxy) is 1. The lowest BCUT2D eigenvalue weighted by Gasteiger charge is -2.44. The Morgan fingerprint density at radius 1 is 1.26 bits per heavy atom. The summed E-state index contributed by atoms with van der Waals surface area (Å²) in [5.74, 6) is -0.329. The Balaban J connectivity index is 1.59. The third-order valence-electron chi connectivity index (χ3n) is 4.16. The predicted molar refractivity (Wildman–Crippen MR) is 81.3 cm³/mol. The zero-order chi connectivity index (χ0) is 16.4. The molecule has 2 aliphatic rings. The van der Waals surface area contributed by atoms with Crippen molar-refractivity contribution >= 4 is 17.9 Å². The van der Waals surface area contributed by atoms with E-state index >= 15 is 0 Å². The molecular weight excluding hydrogens is 298 g/mol. The molecule has 2 fully saturated rings. The van der Waals surface area contributed by atoms with Crippen LogP contribution in [0.4, 0.5) is 4.79 Å². The largest absolute Gasteiger partial charge is 0.445 e. The average Bonchev–Trinajstić information content (AvgIpc) is 2.58. The molecule has 2 atom stereocenters. The molecule has 3 rings (SSSR count). The fourth-order valence-corrected chi connectivity index (χ4v) is 2.87. The Labute approximate surface area is 134 Å². The van der Waals surface area contributed by atoms with Crippen molar-refractivity contribution in [2.45, 2.75) is 25.6 Å². The van der Waals surface area contributed by atoms with Gasteiger partial charge >= 0.3 is 6.09 Å². The summed E-state index contributed by atoms with van der Waals surface area (Å²) in [7, 11) is 0. The summed E-state index contributed by atoms with van der Waals surface area (Å²) in [4.78, 5) is 39.3. The van der Waals surface area contributed by atoms with Crippen molar-refractivity contribution in [2.24, 2.45) is 0 Å². The van der Waals surface area contributed by atoms with E-state index in [9.17, 15) is 14.4 Å². The van der Waals surface area contributed by atoms with Crippen LogP contribution in [-0.4, -0.2) is 59.4 Å². The van der Waals surface area contributed by atoms with Crippen LogP contribution in [0.5, 0.6) is 0 Å². The summed E-state index contributed by atoms with van der Waals surface area (Å²) in [5, 5.41) is 2.64. The van der Waals surface area contributed by atoms with Crippen LogP contribution in [0, 0.1) is 0 Å². The topological polar surface area (TPSA) is 79.0 Å². The van der Waals surface area contributed by atoms with E-state index in [1.54, 1.807) is 11.8 Å². The first-order valence-corrected chi connectivity index (χ1v) is 7.63. The third-order valence-corrected chi connectivity index (χ3v) is 4.16. The number of hydrogen-bond acceptors (Lipinski definition) is 4. The minimum absolute atomic E-state index is 0.105. The van der Waals surface area contributed by atoms with Gasteiger partial charge in [-0.2, -0.15) is 0 Å². The Hall–Kier alpha value is -2.57. The van der Waals surface area contributed by atoms with Gasteiger partial charge in [0.15, 0.2) is 0 Å². The van der Waals surface area contributed by atoms with Gasteiger partial charge in [0.1, 0.15) is 18.7 Å². The normalized spacial score (nSPS) is 24.0. The molecule has 0 bridgehead atoms. The van der Waals surface area contributed by atoms with Gasteiger partial charge in [-0.3, -0.25) is 9.59 Å². The highest BCUT2D eigenvalue weighted by Gasteiger charge is 2.43. The summed E-state index contributed by atoms with van der Waals surface area (Å²) < 4.78 is 5.28. The highest BCUT2D eigenvalue weighted by molar-refractivity contribution is 5.97. The third kappa shape index (κ3) is 3.13. The van der Waals surface area contributed by atoms with Crippen LogP contribution in [-0.2, 0) is 20.9 Å². The van der Waals surface area contributed by atoms with Gasteiger partial charge in [-0.25, -0.2) is 4.79 Å². The zero-order valence-electron chi connectivity index (χ0n) is 12.9. The minimum atomic E-state index is -0.628. The Morgan fingerprint density at radius 2 is 2.00 bits per heavy atom. The van der Waals surface area contributed by atoms with Crippen molar-refractivity contribution in [3.63, 3.8) is 0 Å². The van der Waals surface area contributed by atoms with E-state index in [4.69, 9.17) is 4.74 Å². The lowest BCUT2D eigenvalue weighted by atomic mass is 10.1. The first kappa shape index (κ1) is 15.3. The number of nitrogens with one attached hydrogen (secondary N) is 1. The van der Waals surface area contributed by atoms with Crippen LogP contribution in [0.1, 0.15) is 12.5 Å². The molecular formula is C16H19N3O4. The molecule has 7 nitrogen and oxygen atoms in total. The van der Waals surface area contributed by atoms with E-state index in [0.717, 1.165) is 5.56 Å². The highest BCUT2D eigenvalue weighted by atomic mass is 16.6. The van der Waals surface area contributed by atoms with Crippen molar-refractivity contribution < 1.29 is 19.1 Å². The summed E-state index contributed by atoms with van der Waals surface area (Å²) in [5.41, 5.74) is 0.902. The number of nitrogens with zero attached hydrogens (tertiary/aromatic N) is 2. The van der Waals surface area contributed by atoms with Gasteiger partial charge in [0.05, 0.1) is 6.54 Å². The van der Waals surface area contributed by atoms with E-state index in [0.29, 0.717) is 13.1 Å². The lowest BCUT2D eigenvalue weighted by Crippen LogP contribution is -2.69. The number of benzene rings is 1. The van der Waals surface area contributed by atoms with Crippen molar-refractivity contribution in [1.29, 1.82) is 0 Å². The fourth-order valence-electron chi connectivity index (χ4n) is 2.87. The number of fused-ring (bicyclic) bond motifs is 1. The standard InChI is InChI=1S/C16H19N3O4/c1-11-15(21)19-8-7-18(9-13(19)14(20)17-11)16(22)23-10-12-5-3-2-4-6-12/h2-6,11,13H,7-10H2,1H3,(H,17,20)/t11-,13-/m1/s1. The van der Waals surface area contributed by atoms with Crippen LogP contribution in [0.25, 0.3) is 0 Å². The van der Waals surface area contributed by atoms with Gasteiger partial charge in [-0.05, 0) is 12.5 Å². The van der Waals surface area contributed by atoms with Gasteiger partial charge < -0.3 is 19.9 Å². The van der Waals surface area contributed by atoms with E-state index in [2.05, 4.69) is 5.32 Å². The second-order valence-electron chi connectivity index (χ2n) is 5.76. The van der Waals surface area contributed by atoms with Crippen LogP contribution in [0.2, 0.25) is 0 Å². The molecule has 0 saturated carbocycles. The maximum Gasteiger partial charge on any atom is 0.410 e. The summed E-state index contributed by atoms with van der Waals surface area (Å²) in [6.07, 6.45) is -0.465. The maximum absolute atomic E-state index is 12.2. The van der Waals surface area contributed by atoms with Crippen LogP contribution < -0.4 is 5.32 Å². The van der Waals surface area contributed by atoms with Crippen LogP contribution >= 0.6 is 0 Å². The predicted octanol–water partition coefficient (Wildman–Crippen LogP) is 0.354. The molecule has 1 N–H and O–H groups in total. The molecule has 0 aliphatic carbocycles. The number of piperazine rings is 2. The monoisotopic (exact) mass is 317 g/mol. The van der Waals surface area contributed by atoms with Crippen LogP contribution in [0.15, 0.2) is 30.3 Å². The Bertz CT molecular complexity index is 619. The van der Waals surface area contributed by atoms with Gasteiger partial charge in [0.25, 0.3) is 0 Å². The highest BCUT2D eigenvalue weighted by Crippen LogP contribution is 2.17. The van der Waals surface area contributed by atoms with Gasteiger partial charge in [-0.1, -0.05) is 30.3 Å². The number of rotatable bonds is 2. The van der Waals surface area contributed by atoms with E-state index < -0.39 is 18.2 Å². The molecule has 2 heterocycles. The molecule has 0 radical (unpaired) electrons. The molecule has 23 heavy (non-hydrogen) atoms. The minimum Gasteiger partial charge on any atom is -0.445 e. The van der Waals surface area contributed by atoms with E-state index in [-0.39, 0.29) is 25.0 Å². The Morgan fingerprint density at radius 3 is 2.74 bits per heavy atom. The van der Waals surface area contributed by atoms with Crippen LogP contribution in [0.3, 0.4) is 0 Å². The smallest absolute Gasteiger partial charge is 0.410 e. The van der Waals surface area contributed by atoms with Gasteiger partial charge in [0, 0.05) is 13.1 Å². The van der Waals surface area contributed by atoms with E-state index in [1.165, 1.54) is 4.90 Å². The molecule has 2 aliphatic heterocycles. The van der Waals surface area contributed by atoms with Crippen molar-refractivity contribution in [1.82, 2.24) is 15.1 Å². The molecule has 7 heteroatoms. The molecule has 2 saturated heterocycles. The summed E-state index contributed by atoms with van der Waals surface area (Å²) >= 11 is 0. The first-order valence-electron chi connectivity index (χ1n) is 7.63. The van der Waals surface area contributed by atoms with Gasteiger partial charge in [-0.15, -0.1) is 0 Å². The molecule has 0 spiro atoms. The van der Waals surface area contributed by atoms with Crippen molar-refractivity contribution in [2.75, 3.05) is 19.6 Å². The fraction of sp³-hybridized carbons (Fsp3) is 0.438. The van der Waals surface area contributed by atoms with E-state index in [1.807, 2.05) is 30.3 Å². The SMILES string of the molecule is C[C@H]1NC(=O)[C@H]2CN(C(=O)OCc3ccccc3)CCN2C1=O. The summed E-state index contributed by atoms with van der Waals surface area (Å²) in [6.45, 7) is 2.74. The van der Waals surface area contributed by atoms with Crippen molar-refractivity contribution in [3.8, 4) is 0 Å². The number of hydrogen-bond donors (Lipinski definition) is 1. The lowest BCUT2D eigenvalue weighted by molar-refractivity contribution is -0.151. The van der Waals surface area contributed by atoms with Gasteiger partial charge in [0.2, 0.25) is 11.8 Å². The number of carbonyl (C=O) groups excluding carboxylic acids is 3. The second kappa shape index (κ2) is 6.28. The second-order valence-corrected chi connectivity index (χ2v) is 5.76.